The Morgan fingerprint density at radius 2 is 1.78 bits per heavy atom. The number of nitrogens with one attached hydrogen (secondary N) is 1. The molecule has 6 heteroatoms. The second-order valence-corrected chi connectivity index (χ2v) is 6.17. The highest BCUT2D eigenvalue weighted by Crippen LogP contribution is 2.29. The topological polar surface area (TPSA) is 69.6 Å². The van der Waals surface area contributed by atoms with Gasteiger partial charge in [0.2, 0.25) is 0 Å². The van der Waals surface area contributed by atoms with Gasteiger partial charge in [-0.3, -0.25) is 0 Å². The molecule has 1 saturated heterocycles. The molecule has 3 rings (SSSR count). The normalized spacial score (nSPS) is 17.0. The summed E-state index contributed by atoms with van der Waals surface area (Å²) in [5.74, 6) is -0.166. The van der Waals surface area contributed by atoms with Gasteiger partial charge in [0.05, 0.1) is 11.6 Å². The first kappa shape index (κ1) is 15.4. The zero-order valence-corrected chi connectivity index (χ0v) is 13.1. The number of anilines is 1. The molecular weight excluding hydrogens is 312 g/mol. The summed E-state index contributed by atoms with van der Waals surface area (Å²) in [6, 6.07) is 16.1. The highest BCUT2D eigenvalue weighted by Gasteiger charge is 2.34. The van der Waals surface area contributed by atoms with Crippen molar-refractivity contribution in [1.82, 2.24) is 4.90 Å². The molecular formula is C17H16N2O3S. The van der Waals surface area contributed by atoms with E-state index in [-0.39, 0.29) is 6.03 Å². The third kappa shape index (κ3) is 3.32. The number of aliphatic carboxylic acids is 1. The van der Waals surface area contributed by atoms with Gasteiger partial charge in [-0.15, -0.1) is 11.8 Å². The lowest BCUT2D eigenvalue weighted by Gasteiger charge is -2.22. The first-order valence-electron chi connectivity index (χ1n) is 7.19. The maximum Gasteiger partial charge on any atom is 0.327 e. The van der Waals surface area contributed by atoms with Crippen molar-refractivity contribution in [2.24, 2.45) is 0 Å². The Hall–Kier alpha value is -2.47. The molecule has 0 bridgehead atoms. The maximum absolute atomic E-state index is 12.5. The lowest BCUT2D eigenvalue weighted by atomic mass is 10.0. The van der Waals surface area contributed by atoms with Crippen LogP contribution in [0.5, 0.6) is 0 Å². The Balaban J connectivity index is 1.84. The van der Waals surface area contributed by atoms with Crippen molar-refractivity contribution in [3.8, 4) is 11.1 Å². The van der Waals surface area contributed by atoms with Gasteiger partial charge in [0.25, 0.3) is 0 Å². The molecule has 1 aliphatic heterocycles. The Morgan fingerprint density at radius 1 is 1.09 bits per heavy atom. The summed E-state index contributed by atoms with van der Waals surface area (Å²) in [7, 11) is 0. The number of carbonyl (C=O) groups excluding carboxylic acids is 1. The molecule has 23 heavy (non-hydrogen) atoms. The van der Waals surface area contributed by atoms with Gasteiger partial charge in [-0.05, 0) is 11.6 Å². The number of hydrogen-bond donors (Lipinski definition) is 2. The fraction of sp³-hybridized carbons (Fsp3) is 0.176. The number of urea groups is 1. The summed E-state index contributed by atoms with van der Waals surface area (Å²) in [6.07, 6.45) is 0. The summed E-state index contributed by atoms with van der Waals surface area (Å²) >= 11 is 1.44. The summed E-state index contributed by atoms with van der Waals surface area (Å²) in [5.41, 5.74) is 2.57. The van der Waals surface area contributed by atoms with Crippen LogP contribution < -0.4 is 5.32 Å². The van der Waals surface area contributed by atoms with Crippen LogP contribution in [-0.2, 0) is 4.79 Å². The highest BCUT2D eigenvalue weighted by molar-refractivity contribution is 7.99. The van der Waals surface area contributed by atoms with E-state index in [0.29, 0.717) is 17.3 Å². The number of thioether (sulfide) groups is 1. The van der Waals surface area contributed by atoms with Gasteiger partial charge in [0, 0.05) is 11.3 Å². The van der Waals surface area contributed by atoms with E-state index < -0.39 is 12.0 Å². The van der Waals surface area contributed by atoms with E-state index in [0.717, 1.165) is 11.1 Å². The van der Waals surface area contributed by atoms with Crippen molar-refractivity contribution in [1.29, 1.82) is 0 Å². The summed E-state index contributed by atoms with van der Waals surface area (Å²) in [4.78, 5) is 25.0. The lowest BCUT2D eigenvalue weighted by Crippen LogP contribution is -2.44. The minimum absolute atomic E-state index is 0.384. The van der Waals surface area contributed by atoms with Crippen molar-refractivity contribution in [3.63, 3.8) is 0 Å². The fourth-order valence-electron chi connectivity index (χ4n) is 2.50. The highest BCUT2D eigenvalue weighted by atomic mass is 32.2. The van der Waals surface area contributed by atoms with Crippen LogP contribution in [0, 0.1) is 0 Å². The minimum atomic E-state index is -0.971. The predicted molar refractivity (Wildman–Crippen MR) is 91.5 cm³/mol. The van der Waals surface area contributed by atoms with Crippen molar-refractivity contribution in [2.75, 3.05) is 16.9 Å². The lowest BCUT2D eigenvalue weighted by molar-refractivity contribution is -0.140. The quantitative estimate of drug-likeness (QED) is 0.906. The Bertz CT molecular complexity index is 721. The first-order valence-corrected chi connectivity index (χ1v) is 8.35. The molecule has 1 aliphatic rings. The number of nitrogens with zero attached hydrogens (tertiary/aromatic N) is 1. The number of hydrogen-bond acceptors (Lipinski definition) is 3. The van der Waals surface area contributed by atoms with Crippen molar-refractivity contribution < 1.29 is 14.7 Å². The molecule has 1 heterocycles. The number of para-hydroxylation sites is 1. The third-order valence-corrected chi connectivity index (χ3v) is 4.69. The molecule has 5 nitrogen and oxygen atoms in total. The average Bonchev–Trinajstić information content (AvgIpc) is 3.06. The van der Waals surface area contributed by atoms with Crippen LogP contribution in [0.3, 0.4) is 0 Å². The Morgan fingerprint density at radius 3 is 2.52 bits per heavy atom. The molecule has 0 aromatic heterocycles. The van der Waals surface area contributed by atoms with Crippen LogP contribution in [0.4, 0.5) is 10.5 Å². The first-order chi connectivity index (χ1) is 11.2. The number of rotatable bonds is 3. The number of benzene rings is 2. The van der Waals surface area contributed by atoms with Crippen LogP contribution in [-0.4, -0.2) is 39.7 Å². The number of carbonyl (C=O) groups is 2. The van der Waals surface area contributed by atoms with Gasteiger partial charge >= 0.3 is 12.0 Å². The van der Waals surface area contributed by atoms with Crippen LogP contribution in [0.15, 0.2) is 54.6 Å². The maximum atomic E-state index is 12.5. The second kappa shape index (κ2) is 6.75. The molecule has 0 spiro atoms. The smallest absolute Gasteiger partial charge is 0.327 e. The SMILES string of the molecule is O=C(O)C1CSCN1C(=O)Nc1ccccc1-c1ccccc1. The van der Waals surface area contributed by atoms with E-state index in [4.69, 9.17) is 0 Å². The van der Waals surface area contributed by atoms with E-state index in [2.05, 4.69) is 5.32 Å². The molecule has 2 N–H and O–H groups in total. The monoisotopic (exact) mass is 328 g/mol. The molecule has 2 amide bonds. The molecule has 0 saturated carbocycles. The molecule has 2 aromatic carbocycles. The summed E-state index contributed by atoms with van der Waals surface area (Å²) in [6.45, 7) is 0. The molecule has 1 atom stereocenters. The molecule has 2 aromatic rings. The van der Waals surface area contributed by atoms with Crippen molar-refractivity contribution in [2.45, 2.75) is 6.04 Å². The van der Waals surface area contributed by atoms with Gasteiger partial charge < -0.3 is 15.3 Å². The molecule has 118 valence electrons. The molecule has 1 fully saturated rings. The van der Waals surface area contributed by atoms with Gasteiger partial charge in [0.1, 0.15) is 6.04 Å². The zero-order chi connectivity index (χ0) is 16.2. The largest absolute Gasteiger partial charge is 0.480 e. The Labute approximate surface area is 138 Å². The zero-order valence-electron chi connectivity index (χ0n) is 12.3. The minimum Gasteiger partial charge on any atom is -0.480 e. The van der Waals surface area contributed by atoms with E-state index in [9.17, 15) is 14.7 Å². The van der Waals surface area contributed by atoms with Crippen molar-refractivity contribution in [3.05, 3.63) is 54.6 Å². The summed E-state index contributed by atoms with van der Waals surface area (Å²) in [5, 5.41) is 12.0. The van der Waals surface area contributed by atoms with Crippen LogP contribution >= 0.6 is 11.8 Å². The van der Waals surface area contributed by atoms with Crippen LogP contribution in [0.2, 0.25) is 0 Å². The van der Waals surface area contributed by atoms with Crippen LogP contribution in [0.1, 0.15) is 0 Å². The molecule has 0 aliphatic carbocycles. The number of amides is 2. The van der Waals surface area contributed by atoms with Gasteiger partial charge in [0.15, 0.2) is 0 Å². The van der Waals surface area contributed by atoms with E-state index in [1.54, 1.807) is 0 Å². The van der Waals surface area contributed by atoms with Gasteiger partial charge in [-0.1, -0.05) is 48.5 Å². The van der Waals surface area contributed by atoms with E-state index >= 15 is 0 Å². The van der Waals surface area contributed by atoms with Gasteiger partial charge in [-0.2, -0.15) is 0 Å². The molecule has 1 unspecified atom stereocenters. The summed E-state index contributed by atoms with van der Waals surface area (Å²) < 4.78 is 0. The fourth-order valence-corrected chi connectivity index (χ4v) is 3.64. The predicted octanol–water partition coefficient (Wildman–Crippen LogP) is 3.35. The number of carboxylic acids is 1. The third-order valence-electron chi connectivity index (χ3n) is 3.68. The van der Waals surface area contributed by atoms with E-state index in [1.165, 1.54) is 16.7 Å². The standard InChI is InChI=1S/C17H16N2O3S/c20-16(21)15-10-23-11-19(15)17(22)18-14-9-5-4-8-13(14)12-6-2-1-3-7-12/h1-9,15H,10-11H2,(H,18,22)(H,20,21). The molecule has 0 radical (unpaired) electrons. The average molecular weight is 328 g/mol. The van der Waals surface area contributed by atoms with Gasteiger partial charge in [-0.25, -0.2) is 9.59 Å². The van der Waals surface area contributed by atoms with Crippen LogP contribution in [0.25, 0.3) is 11.1 Å². The second-order valence-electron chi connectivity index (χ2n) is 5.17. The van der Waals surface area contributed by atoms with E-state index in [1.807, 2.05) is 54.6 Å². The van der Waals surface area contributed by atoms with Crippen molar-refractivity contribution >= 4 is 29.4 Å². The number of carboxylic acid groups (broad SMARTS) is 1. The Kier molecular flexibility index (Phi) is 4.52.